The predicted octanol–water partition coefficient (Wildman–Crippen LogP) is 3.24. The third kappa shape index (κ3) is 5.04. The molecule has 172 valence electrons. The Morgan fingerprint density at radius 3 is 2.69 bits per heavy atom. The summed E-state index contributed by atoms with van der Waals surface area (Å²) in [7, 11) is 3.87. The van der Waals surface area contributed by atoms with E-state index in [0.717, 1.165) is 69.3 Å². The van der Waals surface area contributed by atoms with Crippen molar-refractivity contribution in [3.8, 4) is 5.75 Å². The van der Waals surface area contributed by atoms with Crippen molar-refractivity contribution < 1.29 is 9.53 Å². The number of likely N-dealkylation sites (N-methyl/N-ethyl adjacent to an activating group) is 1. The molecule has 0 saturated carbocycles. The van der Waals surface area contributed by atoms with Crippen LogP contribution in [-0.2, 0) is 24.2 Å². The molecular formula is C25H35N5O2. The number of nitrogens with one attached hydrogen (secondary N) is 1. The van der Waals surface area contributed by atoms with E-state index in [1.807, 2.05) is 17.0 Å². The molecule has 32 heavy (non-hydrogen) atoms. The maximum atomic E-state index is 11.7. The fraction of sp³-hybridized carbons (Fsp3) is 0.560. The van der Waals surface area contributed by atoms with Crippen molar-refractivity contribution in [2.75, 3.05) is 39.1 Å². The smallest absolute Gasteiger partial charge is 0.219 e. The molecule has 1 aromatic carbocycles. The van der Waals surface area contributed by atoms with Crippen LogP contribution in [-0.4, -0.2) is 65.5 Å². The van der Waals surface area contributed by atoms with Crippen molar-refractivity contribution in [2.45, 2.75) is 58.0 Å². The van der Waals surface area contributed by atoms with Gasteiger partial charge in [0.05, 0.1) is 12.8 Å². The van der Waals surface area contributed by atoms with Gasteiger partial charge in [-0.3, -0.25) is 4.79 Å². The predicted molar refractivity (Wildman–Crippen MR) is 126 cm³/mol. The number of anilines is 1. The highest BCUT2D eigenvalue weighted by molar-refractivity contribution is 5.73. The summed E-state index contributed by atoms with van der Waals surface area (Å²) in [5.74, 6) is 3.28. The molecule has 3 heterocycles. The number of hydrogen-bond acceptors (Lipinski definition) is 6. The number of rotatable bonds is 6. The van der Waals surface area contributed by atoms with Crippen molar-refractivity contribution in [2.24, 2.45) is 0 Å². The van der Waals surface area contributed by atoms with E-state index in [1.54, 1.807) is 14.0 Å². The van der Waals surface area contributed by atoms with Crippen LogP contribution in [0.4, 0.5) is 5.82 Å². The van der Waals surface area contributed by atoms with Gasteiger partial charge in [0, 0.05) is 57.0 Å². The number of methoxy groups -OCH3 is 1. The fourth-order valence-electron chi connectivity index (χ4n) is 4.81. The topological polar surface area (TPSA) is 70.6 Å². The van der Waals surface area contributed by atoms with Gasteiger partial charge in [-0.05, 0) is 44.9 Å². The lowest BCUT2D eigenvalue weighted by Gasteiger charge is -2.32. The lowest BCUT2D eigenvalue weighted by Crippen LogP contribution is -2.37. The average Bonchev–Trinajstić information content (AvgIpc) is 2.79. The second kappa shape index (κ2) is 9.86. The Hall–Kier alpha value is -2.67. The first kappa shape index (κ1) is 22.5. The molecule has 0 bridgehead atoms. The van der Waals surface area contributed by atoms with E-state index < -0.39 is 0 Å². The standard InChI is InChI=1S/C25H35N5O2/c1-17(15-20-7-5-6-8-23(20)32-4)26-25-21-16-29(3)12-11-22(21)27-24(28-25)19-9-13-30(14-10-19)18(2)31/h5-8,17,19H,9-16H2,1-4H3,(H,26,27,28)/t17-/m1/s1. The maximum Gasteiger partial charge on any atom is 0.219 e. The number of aromatic nitrogens is 2. The zero-order chi connectivity index (χ0) is 22.7. The second-order valence-corrected chi connectivity index (χ2v) is 9.19. The van der Waals surface area contributed by atoms with Gasteiger partial charge in [-0.2, -0.15) is 0 Å². The number of fused-ring (bicyclic) bond motifs is 1. The van der Waals surface area contributed by atoms with Crippen molar-refractivity contribution >= 4 is 11.7 Å². The van der Waals surface area contributed by atoms with E-state index in [9.17, 15) is 4.79 Å². The monoisotopic (exact) mass is 437 g/mol. The van der Waals surface area contributed by atoms with Crippen molar-refractivity contribution in [1.82, 2.24) is 19.8 Å². The van der Waals surface area contributed by atoms with E-state index >= 15 is 0 Å². The van der Waals surface area contributed by atoms with Crippen LogP contribution in [0.1, 0.15) is 55.3 Å². The summed E-state index contributed by atoms with van der Waals surface area (Å²) in [5.41, 5.74) is 3.58. The molecule has 1 aromatic heterocycles. The molecule has 2 aliphatic rings. The van der Waals surface area contributed by atoms with Crippen LogP contribution in [0.2, 0.25) is 0 Å². The van der Waals surface area contributed by atoms with Crippen LogP contribution in [0.3, 0.4) is 0 Å². The van der Waals surface area contributed by atoms with Gasteiger partial charge in [0.15, 0.2) is 0 Å². The summed E-state index contributed by atoms with van der Waals surface area (Å²) in [6.45, 7) is 7.30. The minimum Gasteiger partial charge on any atom is -0.496 e. The Morgan fingerprint density at radius 1 is 1.22 bits per heavy atom. The minimum absolute atomic E-state index is 0.158. The molecule has 0 aliphatic carbocycles. The quantitative estimate of drug-likeness (QED) is 0.748. The minimum atomic E-state index is 0.158. The number of piperidine rings is 1. The molecule has 1 atom stereocenters. The molecular weight excluding hydrogens is 402 g/mol. The van der Waals surface area contributed by atoms with E-state index in [1.165, 1.54) is 16.8 Å². The number of carbonyl (C=O) groups is 1. The summed E-state index contributed by atoms with van der Waals surface area (Å²) >= 11 is 0. The first-order valence-electron chi connectivity index (χ1n) is 11.7. The molecule has 1 amide bonds. The molecule has 7 heteroatoms. The molecule has 1 saturated heterocycles. The van der Waals surface area contributed by atoms with E-state index in [-0.39, 0.29) is 11.9 Å². The highest BCUT2D eigenvalue weighted by Crippen LogP contribution is 2.31. The molecule has 4 rings (SSSR count). The van der Waals surface area contributed by atoms with Crippen molar-refractivity contribution in [1.29, 1.82) is 0 Å². The summed E-state index contributed by atoms with van der Waals surface area (Å²) < 4.78 is 5.54. The first-order valence-corrected chi connectivity index (χ1v) is 11.7. The lowest BCUT2D eigenvalue weighted by atomic mass is 9.95. The Morgan fingerprint density at radius 2 is 1.97 bits per heavy atom. The molecule has 0 spiro atoms. The molecule has 0 unspecified atom stereocenters. The Balaban J connectivity index is 1.56. The van der Waals surface area contributed by atoms with Gasteiger partial charge in [-0.1, -0.05) is 18.2 Å². The number of para-hydroxylation sites is 1. The summed E-state index contributed by atoms with van der Waals surface area (Å²) in [6, 6.07) is 8.38. The van der Waals surface area contributed by atoms with E-state index in [0.29, 0.717) is 5.92 Å². The van der Waals surface area contributed by atoms with Crippen LogP contribution in [0.5, 0.6) is 5.75 Å². The summed E-state index contributed by atoms with van der Waals surface area (Å²) in [6.07, 6.45) is 3.65. The van der Waals surface area contributed by atoms with Crippen LogP contribution < -0.4 is 10.1 Å². The summed E-state index contributed by atoms with van der Waals surface area (Å²) in [4.78, 5) is 26.0. The molecule has 7 nitrogen and oxygen atoms in total. The second-order valence-electron chi connectivity index (χ2n) is 9.19. The number of nitrogens with zero attached hydrogens (tertiary/aromatic N) is 4. The third-order valence-corrected chi connectivity index (χ3v) is 6.68. The molecule has 2 aliphatic heterocycles. The van der Waals surface area contributed by atoms with Gasteiger partial charge in [0.1, 0.15) is 17.4 Å². The molecule has 0 radical (unpaired) electrons. The van der Waals surface area contributed by atoms with Gasteiger partial charge in [-0.25, -0.2) is 9.97 Å². The first-order chi connectivity index (χ1) is 15.4. The number of amides is 1. The number of likely N-dealkylation sites (tertiary alicyclic amines) is 1. The lowest BCUT2D eigenvalue weighted by molar-refractivity contribution is -0.129. The maximum absolute atomic E-state index is 11.7. The Kier molecular flexibility index (Phi) is 6.94. The molecule has 1 N–H and O–H groups in total. The zero-order valence-corrected chi connectivity index (χ0v) is 19.7. The van der Waals surface area contributed by atoms with Crippen LogP contribution in [0.25, 0.3) is 0 Å². The largest absolute Gasteiger partial charge is 0.496 e. The average molecular weight is 438 g/mol. The normalized spacial score (nSPS) is 18.2. The van der Waals surface area contributed by atoms with Crippen LogP contribution in [0.15, 0.2) is 24.3 Å². The van der Waals surface area contributed by atoms with Crippen LogP contribution >= 0.6 is 0 Å². The van der Waals surface area contributed by atoms with Gasteiger partial charge in [0.2, 0.25) is 5.91 Å². The van der Waals surface area contributed by atoms with Gasteiger partial charge in [0.25, 0.3) is 0 Å². The fourth-order valence-corrected chi connectivity index (χ4v) is 4.81. The molecule has 2 aromatic rings. The number of carbonyl (C=O) groups excluding carboxylic acids is 1. The van der Waals surface area contributed by atoms with Crippen molar-refractivity contribution in [3.63, 3.8) is 0 Å². The highest BCUT2D eigenvalue weighted by atomic mass is 16.5. The number of hydrogen-bond donors (Lipinski definition) is 1. The Labute approximate surface area is 191 Å². The van der Waals surface area contributed by atoms with E-state index in [4.69, 9.17) is 14.7 Å². The number of benzene rings is 1. The van der Waals surface area contributed by atoms with Crippen molar-refractivity contribution in [3.05, 3.63) is 46.9 Å². The van der Waals surface area contributed by atoms with E-state index in [2.05, 4.69) is 36.3 Å². The van der Waals surface area contributed by atoms with Gasteiger partial charge in [-0.15, -0.1) is 0 Å². The SMILES string of the molecule is COc1ccccc1C[C@@H](C)Nc1nc(C2CCN(C(C)=O)CC2)nc2c1CN(C)CC2. The Bertz CT molecular complexity index is 955. The highest BCUT2D eigenvalue weighted by Gasteiger charge is 2.28. The number of ether oxygens (including phenoxy) is 1. The van der Waals surface area contributed by atoms with Crippen LogP contribution in [0, 0.1) is 0 Å². The molecule has 1 fully saturated rings. The summed E-state index contributed by atoms with van der Waals surface area (Å²) in [5, 5.41) is 3.70. The van der Waals surface area contributed by atoms with Gasteiger partial charge < -0.3 is 19.9 Å². The zero-order valence-electron chi connectivity index (χ0n) is 19.7. The van der Waals surface area contributed by atoms with Gasteiger partial charge >= 0.3 is 0 Å². The third-order valence-electron chi connectivity index (χ3n) is 6.68.